The van der Waals surface area contributed by atoms with E-state index in [4.69, 9.17) is 5.73 Å². The summed E-state index contributed by atoms with van der Waals surface area (Å²) in [6, 6.07) is 12.6. The van der Waals surface area contributed by atoms with Gasteiger partial charge in [-0.25, -0.2) is 4.98 Å². The number of hydrogen-bond acceptors (Lipinski definition) is 3. The first-order chi connectivity index (χ1) is 8.88. The van der Waals surface area contributed by atoms with Crippen molar-refractivity contribution in [2.75, 3.05) is 11.4 Å². The third kappa shape index (κ3) is 1.97. The third-order valence-electron chi connectivity index (χ3n) is 3.52. The highest BCUT2D eigenvalue weighted by Gasteiger charge is 2.18. The second-order valence-electron chi connectivity index (χ2n) is 4.63. The van der Waals surface area contributed by atoms with Gasteiger partial charge in [0, 0.05) is 31.4 Å². The Hall–Kier alpha value is -1.87. The number of pyridine rings is 1. The van der Waals surface area contributed by atoms with Crippen LogP contribution in [0, 0.1) is 0 Å². The predicted octanol–water partition coefficient (Wildman–Crippen LogP) is 2.10. The van der Waals surface area contributed by atoms with Crippen LogP contribution in [-0.4, -0.2) is 11.5 Å². The summed E-state index contributed by atoms with van der Waals surface area (Å²) in [5.41, 5.74) is 9.77. The van der Waals surface area contributed by atoms with E-state index in [0.29, 0.717) is 6.54 Å². The van der Waals surface area contributed by atoms with Crippen LogP contribution in [0.25, 0.3) is 0 Å². The summed E-state index contributed by atoms with van der Waals surface area (Å²) >= 11 is 0. The average molecular weight is 239 g/mol. The van der Waals surface area contributed by atoms with Crippen molar-refractivity contribution in [3.8, 4) is 0 Å². The lowest BCUT2D eigenvalue weighted by Gasteiger charge is -2.31. The van der Waals surface area contributed by atoms with E-state index in [2.05, 4.69) is 40.2 Å². The Labute approximate surface area is 107 Å². The maximum absolute atomic E-state index is 5.79. The Bertz CT molecular complexity index is 551. The minimum Gasteiger partial charge on any atom is -0.352 e. The maximum Gasteiger partial charge on any atom is 0.133 e. The molecule has 0 atom stereocenters. The first-order valence-corrected chi connectivity index (χ1v) is 6.34. The lowest BCUT2D eigenvalue weighted by Crippen LogP contribution is -2.32. The number of aromatic nitrogens is 1. The zero-order valence-corrected chi connectivity index (χ0v) is 10.3. The molecule has 0 spiro atoms. The van der Waals surface area contributed by atoms with E-state index in [-0.39, 0.29) is 0 Å². The number of fused-ring (bicyclic) bond motifs is 1. The molecule has 0 bridgehead atoms. The Balaban J connectivity index is 1.92. The minimum atomic E-state index is 0.543. The third-order valence-corrected chi connectivity index (χ3v) is 3.52. The fraction of sp³-hybridized carbons (Fsp3) is 0.267. The van der Waals surface area contributed by atoms with Crippen LogP contribution >= 0.6 is 0 Å². The SMILES string of the molecule is NCc1cccnc1N1CCc2ccccc2C1. The molecule has 0 amide bonds. The molecule has 92 valence electrons. The van der Waals surface area contributed by atoms with Gasteiger partial charge in [0.1, 0.15) is 5.82 Å². The molecule has 0 fully saturated rings. The van der Waals surface area contributed by atoms with E-state index in [9.17, 15) is 0 Å². The van der Waals surface area contributed by atoms with Crippen molar-refractivity contribution >= 4 is 5.82 Å². The number of rotatable bonds is 2. The van der Waals surface area contributed by atoms with Gasteiger partial charge in [0.05, 0.1) is 0 Å². The topological polar surface area (TPSA) is 42.1 Å². The van der Waals surface area contributed by atoms with Crippen LogP contribution in [0.5, 0.6) is 0 Å². The summed E-state index contributed by atoms with van der Waals surface area (Å²) in [5.74, 6) is 1.04. The molecule has 18 heavy (non-hydrogen) atoms. The quantitative estimate of drug-likeness (QED) is 0.872. The van der Waals surface area contributed by atoms with Gasteiger partial charge in [-0.3, -0.25) is 0 Å². The van der Waals surface area contributed by atoms with Gasteiger partial charge in [0.15, 0.2) is 0 Å². The highest BCUT2D eigenvalue weighted by Crippen LogP contribution is 2.25. The van der Waals surface area contributed by atoms with Crippen molar-refractivity contribution in [3.63, 3.8) is 0 Å². The van der Waals surface area contributed by atoms with Gasteiger partial charge in [-0.05, 0) is 23.6 Å². The van der Waals surface area contributed by atoms with Crippen LogP contribution in [0.4, 0.5) is 5.82 Å². The lowest BCUT2D eigenvalue weighted by atomic mass is 9.99. The summed E-state index contributed by atoms with van der Waals surface area (Å²) in [6.45, 7) is 2.49. The van der Waals surface area contributed by atoms with Gasteiger partial charge >= 0.3 is 0 Å². The summed E-state index contributed by atoms with van der Waals surface area (Å²) in [7, 11) is 0. The molecule has 0 saturated carbocycles. The molecule has 0 unspecified atom stereocenters. The lowest BCUT2D eigenvalue weighted by molar-refractivity contribution is 0.715. The van der Waals surface area contributed by atoms with Crippen LogP contribution in [0.3, 0.4) is 0 Å². The summed E-state index contributed by atoms with van der Waals surface area (Å²) in [4.78, 5) is 6.82. The molecule has 1 aromatic heterocycles. The van der Waals surface area contributed by atoms with E-state index in [1.807, 2.05) is 12.3 Å². The highest BCUT2D eigenvalue weighted by atomic mass is 15.2. The van der Waals surface area contributed by atoms with Crippen molar-refractivity contribution in [2.45, 2.75) is 19.5 Å². The summed E-state index contributed by atoms with van der Waals surface area (Å²) in [6.07, 6.45) is 2.92. The van der Waals surface area contributed by atoms with Gasteiger partial charge in [0.2, 0.25) is 0 Å². The van der Waals surface area contributed by atoms with Crippen molar-refractivity contribution in [2.24, 2.45) is 5.73 Å². The van der Waals surface area contributed by atoms with Crippen molar-refractivity contribution in [1.29, 1.82) is 0 Å². The molecule has 1 aromatic carbocycles. The van der Waals surface area contributed by atoms with Crippen molar-refractivity contribution < 1.29 is 0 Å². The smallest absolute Gasteiger partial charge is 0.133 e. The van der Waals surface area contributed by atoms with E-state index in [1.54, 1.807) is 0 Å². The Morgan fingerprint density at radius 3 is 2.78 bits per heavy atom. The second kappa shape index (κ2) is 4.78. The molecule has 0 aliphatic carbocycles. The Kier molecular flexibility index (Phi) is 2.99. The number of nitrogens with zero attached hydrogens (tertiary/aromatic N) is 2. The number of anilines is 1. The van der Waals surface area contributed by atoms with Crippen LogP contribution < -0.4 is 10.6 Å². The minimum absolute atomic E-state index is 0.543. The fourth-order valence-electron chi connectivity index (χ4n) is 2.55. The number of nitrogens with two attached hydrogens (primary N) is 1. The molecular weight excluding hydrogens is 222 g/mol. The van der Waals surface area contributed by atoms with Gasteiger partial charge < -0.3 is 10.6 Å². The average Bonchev–Trinajstić information content (AvgIpc) is 2.46. The molecule has 3 nitrogen and oxygen atoms in total. The Morgan fingerprint density at radius 1 is 1.11 bits per heavy atom. The molecule has 2 heterocycles. The second-order valence-corrected chi connectivity index (χ2v) is 4.63. The van der Waals surface area contributed by atoms with Gasteiger partial charge in [0.25, 0.3) is 0 Å². The normalized spacial score (nSPS) is 14.4. The largest absolute Gasteiger partial charge is 0.352 e. The van der Waals surface area contributed by atoms with Crippen molar-refractivity contribution in [3.05, 3.63) is 59.3 Å². The fourth-order valence-corrected chi connectivity index (χ4v) is 2.55. The number of benzene rings is 1. The molecule has 2 N–H and O–H groups in total. The molecule has 1 aliphatic rings. The maximum atomic E-state index is 5.79. The van der Waals surface area contributed by atoms with E-state index in [1.165, 1.54) is 11.1 Å². The summed E-state index contributed by atoms with van der Waals surface area (Å²) < 4.78 is 0. The number of hydrogen-bond donors (Lipinski definition) is 1. The molecular formula is C15H17N3. The van der Waals surface area contributed by atoms with Crippen LogP contribution in [0.1, 0.15) is 16.7 Å². The standard InChI is InChI=1S/C15H17N3/c16-10-13-6-3-8-17-15(13)18-9-7-12-4-1-2-5-14(12)11-18/h1-6,8H,7,9-11,16H2. The zero-order valence-electron chi connectivity index (χ0n) is 10.3. The highest BCUT2D eigenvalue weighted by molar-refractivity contribution is 5.49. The molecule has 3 rings (SSSR count). The van der Waals surface area contributed by atoms with E-state index < -0.39 is 0 Å². The zero-order chi connectivity index (χ0) is 12.4. The van der Waals surface area contributed by atoms with Crippen LogP contribution in [-0.2, 0) is 19.5 Å². The van der Waals surface area contributed by atoms with E-state index >= 15 is 0 Å². The first kappa shape index (κ1) is 11.2. The van der Waals surface area contributed by atoms with Gasteiger partial charge in [-0.1, -0.05) is 30.3 Å². The van der Waals surface area contributed by atoms with E-state index in [0.717, 1.165) is 30.9 Å². The summed E-state index contributed by atoms with van der Waals surface area (Å²) in [5, 5.41) is 0. The molecule has 0 radical (unpaired) electrons. The van der Waals surface area contributed by atoms with Crippen LogP contribution in [0.2, 0.25) is 0 Å². The first-order valence-electron chi connectivity index (χ1n) is 6.34. The Morgan fingerprint density at radius 2 is 1.94 bits per heavy atom. The monoisotopic (exact) mass is 239 g/mol. The molecule has 0 saturated heterocycles. The molecule has 3 heteroatoms. The van der Waals surface area contributed by atoms with Gasteiger partial charge in [-0.15, -0.1) is 0 Å². The van der Waals surface area contributed by atoms with Gasteiger partial charge in [-0.2, -0.15) is 0 Å². The van der Waals surface area contributed by atoms with Crippen molar-refractivity contribution in [1.82, 2.24) is 4.98 Å². The molecule has 2 aromatic rings. The predicted molar refractivity (Wildman–Crippen MR) is 73.3 cm³/mol. The molecule has 1 aliphatic heterocycles. The van der Waals surface area contributed by atoms with Crippen LogP contribution in [0.15, 0.2) is 42.6 Å².